The van der Waals surface area contributed by atoms with Crippen LogP contribution in [0, 0.1) is 5.82 Å². The average molecular weight is 418 g/mol. The fourth-order valence-electron chi connectivity index (χ4n) is 3.05. The zero-order chi connectivity index (χ0) is 19.5. The standard InChI is InChI=1S/C19H20FN5OS2/c1-12(28-19-24-23-16-5-3-2-4-10-25(16)19)17(26)22-18-21-15(11-27-18)13-6-8-14(20)9-7-13/h6-9,11-12H,2-5,10H2,1H3,(H,21,22,26)/t12-/m0/s1. The van der Waals surface area contributed by atoms with E-state index in [2.05, 4.69) is 25.1 Å². The minimum Gasteiger partial charge on any atom is -0.306 e. The molecule has 3 aromatic rings. The van der Waals surface area contributed by atoms with Gasteiger partial charge in [-0.05, 0) is 44.0 Å². The molecule has 0 fully saturated rings. The third-order valence-electron chi connectivity index (χ3n) is 4.60. The van der Waals surface area contributed by atoms with Crippen LogP contribution in [-0.4, -0.2) is 30.9 Å². The molecule has 9 heteroatoms. The largest absolute Gasteiger partial charge is 0.306 e. The second kappa shape index (κ2) is 8.40. The molecule has 0 unspecified atom stereocenters. The molecule has 1 N–H and O–H groups in total. The number of rotatable bonds is 5. The molecule has 146 valence electrons. The van der Waals surface area contributed by atoms with E-state index in [0.717, 1.165) is 42.4 Å². The molecule has 1 amide bonds. The number of thiazole rings is 1. The van der Waals surface area contributed by atoms with Crippen LogP contribution in [-0.2, 0) is 17.8 Å². The summed E-state index contributed by atoms with van der Waals surface area (Å²) in [6, 6.07) is 6.14. The number of hydrogen-bond acceptors (Lipinski definition) is 6. The number of thioether (sulfide) groups is 1. The lowest BCUT2D eigenvalue weighted by Gasteiger charge is -2.11. The molecular formula is C19H20FN5OS2. The van der Waals surface area contributed by atoms with Crippen molar-refractivity contribution in [2.24, 2.45) is 0 Å². The molecule has 28 heavy (non-hydrogen) atoms. The minimum absolute atomic E-state index is 0.129. The second-order valence-electron chi connectivity index (χ2n) is 6.66. The van der Waals surface area contributed by atoms with Crippen molar-refractivity contribution < 1.29 is 9.18 Å². The van der Waals surface area contributed by atoms with Gasteiger partial charge in [-0.25, -0.2) is 9.37 Å². The summed E-state index contributed by atoms with van der Waals surface area (Å²) >= 11 is 2.77. The highest BCUT2D eigenvalue weighted by Crippen LogP contribution is 2.28. The average Bonchev–Trinajstić information content (AvgIpc) is 3.22. The summed E-state index contributed by atoms with van der Waals surface area (Å²) in [5.41, 5.74) is 1.52. The number of fused-ring (bicyclic) bond motifs is 1. The zero-order valence-electron chi connectivity index (χ0n) is 15.4. The Kier molecular flexibility index (Phi) is 5.72. The van der Waals surface area contributed by atoms with E-state index >= 15 is 0 Å². The van der Waals surface area contributed by atoms with Gasteiger partial charge < -0.3 is 9.88 Å². The Hall–Kier alpha value is -2.26. The Morgan fingerprint density at radius 3 is 2.89 bits per heavy atom. The van der Waals surface area contributed by atoms with Crippen molar-refractivity contribution >= 4 is 34.1 Å². The molecule has 0 radical (unpaired) electrons. The molecule has 0 bridgehead atoms. The molecule has 4 rings (SSSR count). The molecule has 3 heterocycles. The van der Waals surface area contributed by atoms with Crippen LogP contribution in [0.15, 0.2) is 34.8 Å². The van der Waals surface area contributed by atoms with Gasteiger partial charge in [0.1, 0.15) is 11.6 Å². The lowest BCUT2D eigenvalue weighted by atomic mass is 10.2. The SMILES string of the molecule is C[C@H](Sc1nnc2n1CCCCC2)C(=O)Nc1nc(-c2ccc(F)cc2)cs1. The zero-order valence-corrected chi connectivity index (χ0v) is 17.0. The van der Waals surface area contributed by atoms with E-state index in [1.807, 2.05) is 12.3 Å². The lowest BCUT2D eigenvalue weighted by Crippen LogP contribution is -2.23. The first-order valence-corrected chi connectivity index (χ1v) is 11.0. The summed E-state index contributed by atoms with van der Waals surface area (Å²) in [4.78, 5) is 17.0. The molecular weight excluding hydrogens is 397 g/mol. The van der Waals surface area contributed by atoms with Gasteiger partial charge in [-0.1, -0.05) is 18.2 Å². The number of carbonyl (C=O) groups excluding carboxylic acids is 1. The first-order chi connectivity index (χ1) is 13.6. The van der Waals surface area contributed by atoms with Gasteiger partial charge in [0.25, 0.3) is 0 Å². The van der Waals surface area contributed by atoms with E-state index in [-0.39, 0.29) is 17.0 Å². The normalized spacial score (nSPS) is 14.9. The van der Waals surface area contributed by atoms with Crippen molar-refractivity contribution in [3.63, 3.8) is 0 Å². The van der Waals surface area contributed by atoms with E-state index < -0.39 is 0 Å². The Morgan fingerprint density at radius 1 is 1.25 bits per heavy atom. The van der Waals surface area contributed by atoms with E-state index in [9.17, 15) is 9.18 Å². The van der Waals surface area contributed by atoms with Crippen LogP contribution in [0.3, 0.4) is 0 Å². The number of hydrogen-bond donors (Lipinski definition) is 1. The van der Waals surface area contributed by atoms with Crippen molar-refractivity contribution in [2.75, 3.05) is 5.32 Å². The fourth-order valence-corrected chi connectivity index (χ4v) is 4.67. The molecule has 6 nitrogen and oxygen atoms in total. The number of anilines is 1. The van der Waals surface area contributed by atoms with Gasteiger partial charge in [0.05, 0.1) is 10.9 Å². The topological polar surface area (TPSA) is 72.7 Å². The van der Waals surface area contributed by atoms with Crippen LogP contribution in [0.1, 0.15) is 32.0 Å². The number of aromatic nitrogens is 4. The van der Waals surface area contributed by atoms with Crippen molar-refractivity contribution in [1.29, 1.82) is 0 Å². The molecule has 1 aliphatic heterocycles. The Morgan fingerprint density at radius 2 is 2.07 bits per heavy atom. The minimum atomic E-state index is -0.324. The van der Waals surface area contributed by atoms with Gasteiger partial charge >= 0.3 is 0 Å². The molecule has 0 aliphatic carbocycles. The van der Waals surface area contributed by atoms with E-state index in [1.165, 1.54) is 41.7 Å². The maximum atomic E-state index is 13.1. The number of nitrogens with zero attached hydrogens (tertiary/aromatic N) is 4. The van der Waals surface area contributed by atoms with Crippen molar-refractivity contribution in [3.8, 4) is 11.3 Å². The summed E-state index contributed by atoms with van der Waals surface area (Å²) in [6.07, 6.45) is 4.40. The third kappa shape index (κ3) is 4.25. The Bertz CT molecular complexity index is 969. The predicted molar refractivity (Wildman–Crippen MR) is 109 cm³/mol. The van der Waals surface area contributed by atoms with Crippen molar-refractivity contribution in [2.45, 2.75) is 49.6 Å². The number of nitrogens with one attached hydrogen (secondary N) is 1. The van der Waals surface area contributed by atoms with Crippen LogP contribution in [0.25, 0.3) is 11.3 Å². The van der Waals surface area contributed by atoms with Gasteiger partial charge in [0.2, 0.25) is 5.91 Å². The summed E-state index contributed by atoms with van der Waals surface area (Å²) in [7, 11) is 0. The monoisotopic (exact) mass is 417 g/mol. The van der Waals surface area contributed by atoms with Gasteiger partial charge in [0.15, 0.2) is 10.3 Å². The number of amides is 1. The first kappa shape index (κ1) is 19.1. The molecule has 2 aromatic heterocycles. The van der Waals surface area contributed by atoms with Crippen molar-refractivity contribution in [3.05, 3.63) is 41.3 Å². The second-order valence-corrected chi connectivity index (χ2v) is 8.82. The van der Waals surface area contributed by atoms with Crippen LogP contribution in [0.2, 0.25) is 0 Å². The van der Waals surface area contributed by atoms with Gasteiger partial charge in [-0.2, -0.15) is 0 Å². The molecule has 1 aliphatic rings. The molecule has 1 aromatic carbocycles. The number of benzene rings is 1. The third-order valence-corrected chi connectivity index (χ3v) is 6.44. The van der Waals surface area contributed by atoms with Gasteiger partial charge in [-0.15, -0.1) is 21.5 Å². The predicted octanol–water partition coefficient (Wildman–Crippen LogP) is 4.39. The molecule has 1 atom stereocenters. The lowest BCUT2D eigenvalue weighted by molar-refractivity contribution is -0.115. The van der Waals surface area contributed by atoms with Crippen LogP contribution in [0.5, 0.6) is 0 Å². The Labute approximate surface area is 170 Å². The maximum Gasteiger partial charge on any atom is 0.239 e. The summed E-state index contributed by atoms with van der Waals surface area (Å²) in [6.45, 7) is 2.76. The van der Waals surface area contributed by atoms with Crippen LogP contribution >= 0.6 is 23.1 Å². The highest BCUT2D eigenvalue weighted by molar-refractivity contribution is 8.00. The molecule has 0 saturated carbocycles. The number of halogens is 1. The summed E-state index contributed by atoms with van der Waals surface area (Å²) < 4.78 is 15.2. The Balaban J connectivity index is 1.40. The van der Waals surface area contributed by atoms with Crippen LogP contribution in [0.4, 0.5) is 9.52 Å². The summed E-state index contributed by atoms with van der Waals surface area (Å²) in [5, 5.41) is 14.3. The molecule has 0 saturated heterocycles. The van der Waals surface area contributed by atoms with E-state index in [4.69, 9.17) is 0 Å². The van der Waals surface area contributed by atoms with E-state index in [1.54, 1.807) is 12.1 Å². The molecule has 0 spiro atoms. The first-order valence-electron chi connectivity index (χ1n) is 9.21. The quantitative estimate of drug-likeness (QED) is 0.624. The fraction of sp³-hybridized carbons (Fsp3) is 0.368. The van der Waals surface area contributed by atoms with Gasteiger partial charge in [-0.3, -0.25) is 4.79 Å². The van der Waals surface area contributed by atoms with Crippen molar-refractivity contribution in [1.82, 2.24) is 19.7 Å². The number of carbonyl (C=O) groups is 1. The highest BCUT2D eigenvalue weighted by atomic mass is 32.2. The summed E-state index contributed by atoms with van der Waals surface area (Å²) in [5.74, 6) is 0.595. The highest BCUT2D eigenvalue weighted by Gasteiger charge is 2.22. The maximum absolute atomic E-state index is 13.1. The number of aryl methyl sites for hydroxylation is 1. The smallest absolute Gasteiger partial charge is 0.239 e. The van der Waals surface area contributed by atoms with E-state index in [0.29, 0.717) is 10.8 Å². The van der Waals surface area contributed by atoms with Gasteiger partial charge in [0, 0.05) is 23.9 Å². The van der Waals surface area contributed by atoms with Crippen LogP contribution < -0.4 is 5.32 Å².